The lowest BCUT2D eigenvalue weighted by atomic mass is 9.79. The van der Waals surface area contributed by atoms with Gasteiger partial charge in [0, 0.05) is 25.0 Å². The molecule has 1 saturated heterocycles. The molecule has 2 aliphatic rings. The molecular formula is C15H28N2O2. The van der Waals surface area contributed by atoms with E-state index in [9.17, 15) is 4.79 Å². The van der Waals surface area contributed by atoms with Crippen LogP contribution in [-0.2, 0) is 9.53 Å². The van der Waals surface area contributed by atoms with Crippen LogP contribution in [0.4, 0.5) is 0 Å². The molecule has 4 nitrogen and oxygen atoms in total. The van der Waals surface area contributed by atoms with Crippen LogP contribution < -0.4 is 5.32 Å². The Hall–Kier alpha value is -0.610. The molecule has 0 aromatic rings. The average Bonchev–Trinajstić information content (AvgIpc) is 2.38. The Labute approximate surface area is 116 Å². The second-order valence-electron chi connectivity index (χ2n) is 6.69. The molecule has 0 aromatic carbocycles. The number of carbonyl (C=O) groups is 1. The predicted octanol–water partition coefficient (Wildman–Crippen LogP) is 1.94. The average molecular weight is 268 g/mol. The molecule has 1 amide bonds. The smallest absolute Gasteiger partial charge is 0.224 e. The number of ether oxygens (including phenoxy) is 1. The van der Waals surface area contributed by atoms with Crippen molar-refractivity contribution in [3.63, 3.8) is 0 Å². The van der Waals surface area contributed by atoms with E-state index < -0.39 is 0 Å². The Balaban J connectivity index is 1.95. The number of hydrogen-bond donors (Lipinski definition) is 1. The van der Waals surface area contributed by atoms with Gasteiger partial charge in [-0.2, -0.15) is 0 Å². The van der Waals surface area contributed by atoms with Crippen LogP contribution in [0.1, 0.15) is 52.4 Å². The van der Waals surface area contributed by atoms with Gasteiger partial charge in [-0.1, -0.05) is 19.3 Å². The molecule has 1 heterocycles. The van der Waals surface area contributed by atoms with Crippen LogP contribution in [0, 0.1) is 0 Å². The van der Waals surface area contributed by atoms with Crippen molar-refractivity contribution in [2.75, 3.05) is 26.7 Å². The Morgan fingerprint density at radius 3 is 2.53 bits per heavy atom. The summed E-state index contributed by atoms with van der Waals surface area (Å²) in [4.78, 5) is 14.5. The molecular weight excluding hydrogens is 240 g/mol. The third-order valence-electron chi connectivity index (χ3n) is 4.61. The van der Waals surface area contributed by atoms with Gasteiger partial charge in [-0.05, 0) is 33.7 Å². The molecule has 4 heteroatoms. The van der Waals surface area contributed by atoms with Crippen LogP contribution in [0.3, 0.4) is 0 Å². The maximum atomic E-state index is 12.5. The molecule has 0 aromatic heterocycles. The van der Waals surface area contributed by atoms with Gasteiger partial charge in [0.15, 0.2) is 0 Å². The lowest BCUT2D eigenvalue weighted by molar-refractivity contribution is -0.147. The lowest BCUT2D eigenvalue weighted by Gasteiger charge is -2.42. The fraction of sp³-hybridized carbons (Fsp3) is 0.933. The minimum Gasteiger partial charge on any atom is -0.372 e. The zero-order valence-corrected chi connectivity index (χ0v) is 12.6. The molecule has 0 bridgehead atoms. The summed E-state index contributed by atoms with van der Waals surface area (Å²) in [5.74, 6) is 0.285. The molecule has 0 unspecified atom stereocenters. The second-order valence-corrected chi connectivity index (χ2v) is 6.69. The monoisotopic (exact) mass is 268 g/mol. The van der Waals surface area contributed by atoms with E-state index in [1.54, 1.807) is 0 Å². The van der Waals surface area contributed by atoms with Gasteiger partial charge in [0.2, 0.25) is 5.91 Å². The summed E-state index contributed by atoms with van der Waals surface area (Å²) >= 11 is 0. The van der Waals surface area contributed by atoms with Crippen molar-refractivity contribution in [2.45, 2.75) is 63.5 Å². The van der Waals surface area contributed by atoms with Crippen molar-refractivity contribution < 1.29 is 9.53 Å². The molecule has 0 atom stereocenters. The first-order valence-corrected chi connectivity index (χ1v) is 7.57. The van der Waals surface area contributed by atoms with E-state index in [0.29, 0.717) is 19.6 Å². The summed E-state index contributed by atoms with van der Waals surface area (Å²) in [6.45, 7) is 6.22. The molecule has 1 aliphatic carbocycles. The third kappa shape index (κ3) is 3.69. The number of rotatable bonds is 3. The van der Waals surface area contributed by atoms with E-state index >= 15 is 0 Å². The summed E-state index contributed by atoms with van der Waals surface area (Å²) in [6.07, 6.45) is 6.68. The van der Waals surface area contributed by atoms with Crippen LogP contribution in [-0.4, -0.2) is 48.7 Å². The molecule has 0 radical (unpaired) electrons. The standard InChI is InChI=1S/C15H28N2O2/c1-14(2)12-17(9-10-19-14)13(18)11-15(16-3)7-5-4-6-8-15/h16H,4-12H2,1-3H3. The van der Waals surface area contributed by atoms with E-state index in [-0.39, 0.29) is 17.0 Å². The molecule has 19 heavy (non-hydrogen) atoms. The Bertz CT molecular complexity index is 322. The maximum absolute atomic E-state index is 12.5. The van der Waals surface area contributed by atoms with Gasteiger partial charge in [-0.25, -0.2) is 0 Å². The van der Waals surface area contributed by atoms with Gasteiger partial charge < -0.3 is 15.0 Å². The highest BCUT2D eigenvalue weighted by Crippen LogP contribution is 2.31. The lowest BCUT2D eigenvalue weighted by Crippen LogP contribution is -2.54. The van der Waals surface area contributed by atoms with Gasteiger partial charge in [0.05, 0.1) is 12.2 Å². The molecule has 1 saturated carbocycles. The van der Waals surface area contributed by atoms with Crippen LogP contribution in [0.2, 0.25) is 0 Å². The Kier molecular flexibility index (Phi) is 4.51. The number of morpholine rings is 1. The van der Waals surface area contributed by atoms with Crippen molar-refractivity contribution in [3.8, 4) is 0 Å². The van der Waals surface area contributed by atoms with Crippen molar-refractivity contribution in [1.29, 1.82) is 0 Å². The number of nitrogens with zero attached hydrogens (tertiary/aromatic N) is 1. The van der Waals surface area contributed by atoms with Crippen molar-refractivity contribution in [1.82, 2.24) is 10.2 Å². The summed E-state index contributed by atoms with van der Waals surface area (Å²) in [7, 11) is 2.00. The number of amides is 1. The number of carbonyl (C=O) groups excluding carboxylic acids is 1. The van der Waals surface area contributed by atoms with E-state index in [1.165, 1.54) is 19.3 Å². The van der Waals surface area contributed by atoms with Gasteiger partial charge in [-0.15, -0.1) is 0 Å². The largest absolute Gasteiger partial charge is 0.372 e. The van der Waals surface area contributed by atoms with E-state index in [2.05, 4.69) is 19.2 Å². The molecule has 1 N–H and O–H groups in total. The Morgan fingerprint density at radius 1 is 1.26 bits per heavy atom. The minimum atomic E-state index is -0.201. The minimum absolute atomic E-state index is 0.0395. The van der Waals surface area contributed by atoms with E-state index in [4.69, 9.17) is 4.74 Å². The highest BCUT2D eigenvalue weighted by atomic mass is 16.5. The van der Waals surface area contributed by atoms with Crippen LogP contribution in [0.15, 0.2) is 0 Å². The van der Waals surface area contributed by atoms with Gasteiger partial charge in [0.1, 0.15) is 0 Å². The van der Waals surface area contributed by atoms with Crippen molar-refractivity contribution >= 4 is 5.91 Å². The molecule has 2 rings (SSSR count). The predicted molar refractivity (Wildman–Crippen MR) is 76.1 cm³/mol. The first-order valence-electron chi connectivity index (χ1n) is 7.57. The summed E-state index contributed by atoms with van der Waals surface area (Å²) in [5.41, 5.74) is -0.162. The maximum Gasteiger partial charge on any atom is 0.224 e. The molecule has 1 aliphatic heterocycles. The zero-order valence-electron chi connectivity index (χ0n) is 12.6. The summed E-state index contributed by atoms with van der Waals surface area (Å²) < 4.78 is 5.68. The second kappa shape index (κ2) is 5.80. The number of nitrogens with one attached hydrogen (secondary N) is 1. The SMILES string of the molecule is CNC1(CC(=O)N2CCOC(C)(C)C2)CCCCC1. The third-order valence-corrected chi connectivity index (χ3v) is 4.61. The highest BCUT2D eigenvalue weighted by Gasteiger charge is 2.36. The van der Waals surface area contributed by atoms with Crippen molar-refractivity contribution in [3.05, 3.63) is 0 Å². The normalized spacial score (nSPS) is 26.2. The van der Waals surface area contributed by atoms with Crippen LogP contribution >= 0.6 is 0 Å². The summed E-state index contributed by atoms with van der Waals surface area (Å²) in [6, 6.07) is 0. The van der Waals surface area contributed by atoms with Gasteiger partial charge >= 0.3 is 0 Å². The van der Waals surface area contributed by atoms with E-state index in [0.717, 1.165) is 19.4 Å². The fourth-order valence-corrected chi connectivity index (χ4v) is 3.37. The molecule has 0 spiro atoms. The van der Waals surface area contributed by atoms with Gasteiger partial charge in [-0.3, -0.25) is 4.79 Å². The van der Waals surface area contributed by atoms with E-state index in [1.807, 2.05) is 11.9 Å². The first-order chi connectivity index (χ1) is 8.96. The van der Waals surface area contributed by atoms with Crippen LogP contribution in [0.25, 0.3) is 0 Å². The number of hydrogen-bond acceptors (Lipinski definition) is 3. The van der Waals surface area contributed by atoms with Crippen molar-refractivity contribution in [2.24, 2.45) is 0 Å². The topological polar surface area (TPSA) is 41.6 Å². The first kappa shape index (κ1) is 14.8. The summed E-state index contributed by atoms with van der Waals surface area (Å²) in [5, 5.41) is 3.43. The Morgan fingerprint density at radius 2 is 1.95 bits per heavy atom. The zero-order chi connectivity index (χ0) is 13.9. The fourth-order valence-electron chi connectivity index (χ4n) is 3.37. The highest BCUT2D eigenvalue weighted by molar-refractivity contribution is 5.77. The van der Waals surface area contributed by atoms with Gasteiger partial charge in [0.25, 0.3) is 0 Å². The quantitative estimate of drug-likeness (QED) is 0.850. The molecule has 2 fully saturated rings. The van der Waals surface area contributed by atoms with Crippen LogP contribution in [0.5, 0.6) is 0 Å². The molecule has 110 valence electrons.